The van der Waals surface area contributed by atoms with Crippen LogP contribution in [0.5, 0.6) is 0 Å². The van der Waals surface area contributed by atoms with Crippen LogP contribution in [0.3, 0.4) is 0 Å². The minimum absolute atomic E-state index is 0.366. The van der Waals surface area contributed by atoms with Crippen LogP contribution in [0.4, 0.5) is 0 Å². The van der Waals surface area contributed by atoms with Crippen LogP contribution < -0.4 is 5.46 Å². The van der Waals surface area contributed by atoms with Gasteiger partial charge in [0, 0.05) is 17.4 Å². The molecule has 0 aromatic carbocycles. The van der Waals surface area contributed by atoms with Crippen LogP contribution in [0.25, 0.3) is 5.82 Å². The predicted octanol–water partition coefficient (Wildman–Crippen LogP) is -0.436. The molecule has 2 rings (SSSR count). The summed E-state index contributed by atoms with van der Waals surface area (Å²) in [5.74, 6) is 0.662. The van der Waals surface area contributed by atoms with E-state index in [9.17, 15) is 0 Å². The van der Waals surface area contributed by atoms with Crippen molar-refractivity contribution in [3.8, 4) is 5.82 Å². The molecular formula is C10H12BN3O2. The monoisotopic (exact) mass is 217 g/mol. The van der Waals surface area contributed by atoms with Crippen molar-refractivity contribution < 1.29 is 10.0 Å². The largest absolute Gasteiger partial charge is 0.490 e. The predicted molar refractivity (Wildman–Crippen MR) is 60.7 cm³/mol. The summed E-state index contributed by atoms with van der Waals surface area (Å²) < 4.78 is 1.71. The molecule has 0 radical (unpaired) electrons. The van der Waals surface area contributed by atoms with Gasteiger partial charge in [-0.2, -0.15) is 5.10 Å². The van der Waals surface area contributed by atoms with E-state index in [-0.39, 0.29) is 0 Å². The third kappa shape index (κ3) is 1.98. The Morgan fingerprint density at radius 1 is 1.25 bits per heavy atom. The number of aryl methyl sites for hydroxylation is 2. The Morgan fingerprint density at radius 2 is 2.00 bits per heavy atom. The van der Waals surface area contributed by atoms with Crippen molar-refractivity contribution in [1.29, 1.82) is 0 Å². The molecule has 0 atom stereocenters. The highest BCUT2D eigenvalue weighted by Gasteiger charge is 2.11. The van der Waals surface area contributed by atoms with Crippen LogP contribution in [-0.2, 0) is 0 Å². The number of pyridine rings is 1. The summed E-state index contributed by atoms with van der Waals surface area (Å²) in [5.41, 5.74) is 2.28. The Morgan fingerprint density at radius 3 is 2.44 bits per heavy atom. The minimum Gasteiger partial charge on any atom is -0.423 e. The van der Waals surface area contributed by atoms with E-state index < -0.39 is 7.12 Å². The second kappa shape index (κ2) is 4.07. The normalized spacial score (nSPS) is 10.5. The molecule has 0 amide bonds. The molecule has 0 aliphatic heterocycles. The van der Waals surface area contributed by atoms with Gasteiger partial charge >= 0.3 is 7.12 Å². The fraction of sp³-hybridized carbons (Fsp3) is 0.200. The van der Waals surface area contributed by atoms with Crippen LogP contribution in [-0.4, -0.2) is 31.9 Å². The first kappa shape index (κ1) is 10.8. The topological polar surface area (TPSA) is 71.2 Å². The van der Waals surface area contributed by atoms with Crippen LogP contribution in [0.15, 0.2) is 24.4 Å². The second-order valence-electron chi connectivity index (χ2n) is 3.66. The summed E-state index contributed by atoms with van der Waals surface area (Å²) in [6.07, 6.45) is 1.43. The molecule has 0 aliphatic carbocycles. The third-order valence-electron chi connectivity index (χ3n) is 2.30. The lowest BCUT2D eigenvalue weighted by Gasteiger charge is -2.04. The molecule has 0 fully saturated rings. The van der Waals surface area contributed by atoms with Gasteiger partial charge < -0.3 is 10.0 Å². The van der Waals surface area contributed by atoms with E-state index in [2.05, 4.69) is 10.1 Å². The van der Waals surface area contributed by atoms with Crippen LogP contribution in [0.2, 0.25) is 0 Å². The van der Waals surface area contributed by atoms with Crippen LogP contribution >= 0.6 is 0 Å². The fourth-order valence-corrected chi connectivity index (χ4v) is 1.54. The Hall–Kier alpha value is -1.66. The van der Waals surface area contributed by atoms with Gasteiger partial charge in [-0.05, 0) is 26.0 Å². The number of hydrogen-bond donors (Lipinski definition) is 2. The van der Waals surface area contributed by atoms with Crippen LogP contribution in [0, 0.1) is 13.8 Å². The van der Waals surface area contributed by atoms with Gasteiger partial charge in [-0.25, -0.2) is 9.67 Å². The summed E-state index contributed by atoms with van der Waals surface area (Å²) in [4.78, 5) is 4.12. The molecule has 0 unspecified atom stereocenters. The van der Waals surface area contributed by atoms with Gasteiger partial charge in [-0.3, -0.25) is 0 Å². The number of nitrogens with zero attached hydrogens (tertiary/aromatic N) is 3. The number of rotatable bonds is 2. The van der Waals surface area contributed by atoms with Crippen LogP contribution in [0.1, 0.15) is 11.4 Å². The lowest BCUT2D eigenvalue weighted by atomic mass is 9.82. The van der Waals surface area contributed by atoms with Gasteiger partial charge in [0.2, 0.25) is 0 Å². The SMILES string of the molecule is Cc1cc(C)n(-c2ccc(B(O)O)cn2)n1. The molecule has 0 aliphatic rings. The molecule has 5 nitrogen and oxygen atoms in total. The highest BCUT2D eigenvalue weighted by atomic mass is 16.4. The maximum Gasteiger partial charge on any atom is 0.490 e. The molecule has 2 heterocycles. The zero-order valence-corrected chi connectivity index (χ0v) is 9.12. The van der Waals surface area contributed by atoms with Crippen molar-refractivity contribution in [2.24, 2.45) is 0 Å². The van der Waals surface area contributed by atoms with E-state index in [1.807, 2.05) is 19.9 Å². The average molecular weight is 217 g/mol. The van der Waals surface area contributed by atoms with E-state index in [0.29, 0.717) is 11.3 Å². The van der Waals surface area contributed by atoms with E-state index in [0.717, 1.165) is 11.4 Å². The highest BCUT2D eigenvalue weighted by Crippen LogP contribution is 2.07. The standard InChI is InChI=1S/C10H12BN3O2/c1-7-5-8(2)14(13-7)10-4-3-9(6-12-10)11(15)16/h3-6,15-16H,1-2H3. The van der Waals surface area contributed by atoms with Gasteiger partial charge in [0.15, 0.2) is 5.82 Å². The lowest BCUT2D eigenvalue weighted by molar-refractivity contribution is 0.425. The zero-order chi connectivity index (χ0) is 11.7. The van der Waals surface area contributed by atoms with Gasteiger partial charge in [-0.15, -0.1) is 0 Å². The molecule has 2 aromatic rings. The van der Waals surface area contributed by atoms with Crippen molar-refractivity contribution >= 4 is 12.6 Å². The third-order valence-corrected chi connectivity index (χ3v) is 2.30. The summed E-state index contributed by atoms with van der Waals surface area (Å²) in [6.45, 7) is 3.85. The molecule has 6 heteroatoms. The molecule has 0 spiro atoms. The van der Waals surface area contributed by atoms with Crippen molar-refractivity contribution in [2.75, 3.05) is 0 Å². The van der Waals surface area contributed by atoms with Gasteiger partial charge in [0.25, 0.3) is 0 Å². The number of aromatic nitrogens is 3. The van der Waals surface area contributed by atoms with Crippen molar-refractivity contribution in [3.63, 3.8) is 0 Å². The van der Waals surface area contributed by atoms with E-state index in [1.54, 1.807) is 16.8 Å². The molecule has 82 valence electrons. The Bertz CT molecular complexity index is 493. The summed E-state index contributed by atoms with van der Waals surface area (Å²) in [5, 5.41) is 22.2. The first-order valence-corrected chi connectivity index (χ1v) is 4.93. The molecule has 2 N–H and O–H groups in total. The maximum atomic E-state index is 8.94. The summed E-state index contributed by atoms with van der Waals surface area (Å²) in [7, 11) is -1.48. The Kier molecular flexibility index (Phi) is 2.76. The Labute approximate surface area is 93.5 Å². The zero-order valence-electron chi connectivity index (χ0n) is 9.12. The first-order chi connectivity index (χ1) is 7.58. The lowest BCUT2D eigenvalue weighted by Crippen LogP contribution is -2.30. The molecule has 2 aromatic heterocycles. The quantitative estimate of drug-likeness (QED) is 0.669. The molecule has 0 bridgehead atoms. The molecule has 16 heavy (non-hydrogen) atoms. The highest BCUT2D eigenvalue weighted by molar-refractivity contribution is 6.58. The van der Waals surface area contributed by atoms with Crippen molar-refractivity contribution in [1.82, 2.24) is 14.8 Å². The first-order valence-electron chi connectivity index (χ1n) is 4.93. The van der Waals surface area contributed by atoms with Gasteiger partial charge in [-0.1, -0.05) is 6.07 Å². The van der Waals surface area contributed by atoms with E-state index >= 15 is 0 Å². The van der Waals surface area contributed by atoms with E-state index in [1.165, 1.54) is 6.20 Å². The Balaban J connectivity index is 2.38. The maximum absolute atomic E-state index is 8.94. The fourth-order valence-electron chi connectivity index (χ4n) is 1.54. The minimum atomic E-state index is -1.48. The summed E-state index contributed by atoms with van der Waals surface area (Å²) >= 11 is 0. The van der Waals surface area contributed by atoms with Crippen molar-refractivity contribution in [3.05, 3.63) is 35.8 Å². The number of hydrogen-bond acceptors (Lipinski definition) is 4. The smallest absolute Gasteiger partial charge is 0.423 e. The van der Waals surface area contributed by atoms with E-state index in [4.69, 9.17) is 10.0 Å². The van der Waals surface area contributed by atoms with Gasteiger partial charge in [0.1, 0.15) is 0 Å². The van der Waals surface area contributed by atoms with Gasteiger partial charge in [0.05, 0.1) is 5.69 Å². The van der Waals surface area contributed by atoms with Crippen molar-refractivity contribution in [2.45, 2.75) is 13.8 Å². The molecule has 0 saturated carbocycles. The molecular weight excluding hydrogens is 205 g/mol. The average Bonchev–Trinajstić information content (AvgIpc) is 2.58. The second-order valence-corrected chi connectivity index (χ2v) is 3.66. The summed E-state index contributed by atoms with van der Waals surface area (Å²) in [6, 6.07) is 5.27. The molecule has 0 saturated heterocycles.